The van der Waals surface area contributed by atoms with Gasteiger partial charge in [-0.15, -0.1) is 11.8 Å². The number of amides is 1. The first-order valence-electron chi connectivity index (χ1n) is 8.86. The Balaban J connectivity index is 1.57. The number of nitrogen functional groups attached to an aromatic ring is 1. The standard InChI is InChI=1S/C21H22N4O2S/c1-27-17-8-6-15(7-9-17)10-12-23-20(26)18-4-2-3-5-19(18)28-14-16-11-13-24-21(22)25-16/h2-9,11,13H,10,12,14H2,1H3,(H,23,26)(H2,22,24,25). The summed E-state index contributed by atoms with van der Waals surface area (Å²) in [6.07, 6.45) is 2.39. The van der Waals surface area contributed by atoms with Gasteiger partial charge in [-0.1, -0.05) is 24.3 Å². The third-order valence-electron chi connectivity index (χ3n) is 4.10. The van der Waals surface area contributed by atoms with Crippen molar-refractivity contribution >= 4 is 23.6 Å². The van der Waals surface area contributed by atoms with Gasteiger partial charge >= 0.3 is 0 Å². The topological polar surface area (TPSA) is 90.1 Å². The van der Waals surface area contributed by atoms with E-state index >= 15 is 0 Å². The molecule has 2 aromatic carbocycles. The van der Waals surface area contributed by atoms with Crippen molar-refractivity contribution in [1.82, 2.24) is 15.3 Å². The fraction of sp³-hybridized carbons (Fsp3) is 0.190. The molecule has 144 valence electrons. The van der Waals surface area contributed by atoms with Gasteiger partial charge in [-0.05, 0) is 42.3 Å². The molecule has 3 N–H and O–H groups in total. The second kappa shape index (κ2) is 9.75. The molecule has 0 bridgehead atoms. The van der Waals surface area contributed by atoms with E-state index in [1.807, 2.05) is 54.6 Å². The highest BCUT2D eigenvalue weighted by Gasteiger charge is 2.11. The Hall–Kier alpha value is -3.06. The molecule has 0 fully saturated rings. The summed E-state index contributed by atoms with van der Waals surface area (Å²) >= 11 is 1.55. The lowest BCUT2D eigenvalue weighted by atomic mass is 10.1. The number of hydrogen-bond acceptors (Lipinski definition) is 6. The molecule has 1 aromatic heterocycles. The summed E-state index contributed by atoms with van der Waals surface area (Å²) in [4.78, 5) is 21.6. The third kappa shape index (κ3) is 5.47. The summed E-state index contributed by atoms with van der Waals surface area (Å²) < 4.78 is 5.16. The molecule has 1 heterocycles. The number of thioether (sulfide) groups is 1. The van der Waals surface area contributed by atoms with Crippen molar-refractivity contribution < 1.29 is 9.53 Å². The summed E-state index contributed by atoms with van der Waals surface area (Å²) in [5.74, 6) is 1.61. The van der Waals surface area contributed by atoms with Crippen molar-refractivity contribution in [2.45, 2.75) is 17.1 Å². The number of nitrogens with one attached hydrogen (secondary N) is 1. The van der Waals surface area contributed by atoms with E-state index in [4.69, 9.17) is 10.5 Å². The van der Waals surface area contributed by atoms with Crippen LogP contribution in [0.5, 0.6) is 5.75 Å². The van der Waals surface area contributed by atoms with Crippen molar-refractivity contribution in [3.8, 4) is 5.75 Å². The lowest BCUT2D eigenvalue weighted by molar-refractivity contribution is 0.0951. The largest absolute Gasteiger partial charge is 0.497 e. The Morgan fingerprint density at radius 3 is 2.68 bits per heavy atom. The molecule has 0 aliphatic heterocycles. The van der Waals surface area contributed by atoms with Crippen LogP contribution in [0.2, 0.25) is 0 Å². The monoisotopic (exact) mass is 394 g/mol. The van der Waals surface area contributed by atoms with E-state index < -0.39 is 0 Å². The van der Waals surface area contributed by atoms with Gasteiger partial charge in [-0.3, -0.25) is 4.79 Å². The molecule has 3 rings (SSSR count). The van der Waals surface area contributed by atoms with Crippen molar-refractivity contribution in [3.63, 3.8) is 0 Å². The van der Waals surface area contributed by atoms with Crippen molar-refractivity contribution in [1.29, 1.82) is 0 Å². The van der Waals surface area contributed by atoms with Gasteiger partial charge in [0.25, 0.3) is 5.91 Å². The summed E-state index contributed by atoms with van der Waals surface area (Å²) in [7, 11) is 1.64. The highest BCUT2D eigenvalue weighted by molar-refractivity contribution is 7.98. The molecule has 1 amide bonds. The number of aromatic nitrogens is 2. The van der Waals surface area contributed by atoms with Crippen LogP contribution in [0.25, 0.3) is 0 Å². The Kier molecular flexibility index (Phi) is 6.86. The fourth-order valence-corrected chi connectivity index (χ4v) is 3.59. The Morgan fingerprint density at radius 1 is 1.14 bits per heavy atom. The van der Waals surface area contributed by atoms with E-state index in [9.17, 15) is 4.79 Å². The molecular formula is C21H22N4O2S. The normalized spacial score (nSPS) is 10.5. The lowest BCUT2D eigenvalue weighted by Gasteiger charge is -2.10. The maximum absolute atomic E-state index is 12.6. The highest BCUT2D eigenvalue weighted by atomic mass is 32.2. The summed E-state index contributed by atoms with van der Waals surface area (Å²) in [6, 6.07) is 17.2. The number of rotatable bonds is 8. The number of ether oxygens (including phenoxy) is 1. The van der Waals surface area contributed by atoms with Crippen LogP contribution in [-0.4, -0.2) is 29.5 Å². The zero-order valence-electron chi connectivity index (χ0n) is 15.6. The number of methoxy groups -OCH3 is 1. The number of hydrogen-bond donors (Lipinski definition) is 2. The second-order valence-electron chi connectivity index (χ2n) is 6.04. The molecule has 0 saturated carbocycles. The number of carbonyl (C=O) groups excluding carboxylic acids is 1. The first-order valence-corrected chi connectivity index (χ1v) is 9.84. The molecule has 0 atom stereocenters. The first kappa shape index (κ1) is 19.7. The molecule has 6 nitrogen and oxygen atoms in total. The highest BCUT2D eigenvalue weighted by Crippen LogP contribution is 2.25. The lowest BCUT2D eigenvalue weighted by Crippen LogP contribution is -2.26. The minimum absolute atomic E-state index is 0.0844. The smallest absolute Gasteiger partial charge is 0.252 e. The Bertz CT molecular complexity index is 932. The third-order valence-corrected chi connectivity index (χ3v) is 5.20. The molecule has 0 aliphatic carbocycles. The van der Waals surface area contributed by atoms with Crippen LogP contribution < -0.4 is 15.8 Å². The number of carbonyl (C=O) groups is 1. The van der Waals surface area contributed by atoms with E-state index in [0.29, 0.717) is 17.9 Å². The average molecular weight is 395 g/mol. The molecule has 0 spiro atoms. The van der Waals surface area contributed by atoms with E-state index in [0.717, 1.165) is 28.3 Å². The van der Waals surface area contributed by atoms with Crippen LogP contribution in [-0.2, 0) is 12.2 Å². The molecule has 7 heteroatoms. The molecule has 0 unspecified atom stereocenters. The van der Waals surface area contributed by atoms with Crippen LogP contribution in [0.4, 0.5) is 5.95 Å². The van der Waals surface area contributed by atoms with Gasteiger partial charge in [0.05, 0.1) is 18.4 Å². The van der Waals surface area contributed by atoms with Gasteiger partial charge in [0.2, 0.25) is 5.95 Å². The van der Waals surface area contributed by atoms with Crippen molar-refractivity contribution in [3.05, 3.63) is 77.6 Å². The fourth-order valence-electron chi connectivity index (χ4n) is 2.63. The number of anilines is 1. The first-order chi connectivity index (χ1) is 13.7. The predicted molar refractivity (Wildman–Crippen MR) is 111 cm³/mol. The van der Waals surface area contributed by atoms with Crippen LogP contribution in [0, 0.1) is 0 Å². The molecule has 0 saturated heterocycles. The number of nitrogens with zero attached hydrogens (tertiary/aromatic N) is 2. The molecular weight excluding hydrogens is 372 g/mol. The predicted octanol–water partition coefficient (Wildman–Crippen LogP) is 3.33. The van der Waals surface area contributed by atoms with Gasteiger partial charge in [0, 0.05) is 23.4 Å². The average Bonchev–Trinajstić information content (AvgIpc) is 2.73. The number of benzene rings is 2. The molecule has 0 aliphatic rings. The van der Waals surface area contributed by atoms with Gasteiger partial charge < -0.3 is 15.8 Å². The van der Waals surface area contributed by atoms with E-state index in [1.165, 1.54) is 0 Å². The van der Waals surface area contributed by atoms with Gasteiger partial charge in [-0.2, -0.15) is 0 Å². The molecule has 28 heavy (non-hydrogen) atoms. The Labute approximate surface area is 168 Å². The zero-order valence-corrected chi connectivity index (χ0v) is 16.4. The maximum atomic E-state index is 12.6. The van der Waals surface area contributed by atoms with E-state index in [-0.39, 0.29) is 11.9 Å². The quantitative estimate of drug-likeness (QED) is 0.570. The molecule has 0 radical (unpaired) electrons. The zero-order chi connectivity index (χ0) is 19.8. The Morgan fingerprint density at radius 2 is 1.93 bits per heavy atom. The van der Waals surface area contributed by atoms with Crippen LogP contribution >= 0.6 is 11.8 Å². The van der Waals surface area contributed by atoms with Gasteiger partial charge in [0.15, 0.2) is 0 Å². The van der Waals surface area contributed by atoms with Gasteiger partial charge in [0.1, 0.15) is 5.75 Å². The molecule has 3 aromatic rings. The van der Waals surface area contributed by atoms with E-state index in [1.54, 1.807) is 25.1 Å². The summed E-state index contributed by atoms with van der Waals surface area (Å²) in [5, 5.41) is 2.99. The summed E-state index contributed by atoms with van der Waals surface area (Å²) in [6.45, 7) is 0.562. The minimum Gasteiger partial charge on any atom is -0.497 e. The maximum Gasteiger partial charge on any atom is 0.252 e. The second-order valence-corrected chi connectivity index (χ2v) is 7.06. The van der Waals surface area contributed by atoms with Crippen molar-refractivity contribution in [2.24, 2.45) is 0 Å². The minimum atomic E-state index is -0.0844. The van der Waals surface area contributed by atoms with E-state index in [2.05, 4.69) is 15.3 Å². The summed E-state index contributed by atoms with van der Waals surface area (Å²) in [5.41, 5.74) is 8.25. The van der Waals surface area contributed by atoms with Crippen LogP contribution in [0.3, 0.4) is 0 Å². The van der Waals surface area contributed by atoms with Crippen LogP contribution in [0.15, 0.2) is 65.7 Å². The SMILES string of the molecule is COc1ccc(CCNC(=O)c2ccccc2SCc2ccnc(N)n2)cc1. The van der Waals surface area contributed by atoms with Crippen molar-refractivity contribution in [2.75, 3.05) is 19.4 Å². The van der Waals surface area contributed by atoms with Crippen LogP contribution in [0.1, 0.15) is 21.6 Å². The number of nitrogens with two attached hydrogens (primary N) is 1. The van der Waals surface area contributed by atoms with Gasteiger partial charge in [-0.25, -0.2) is 9.97 Å².